The van der Waals surface area contributed by atoms with Gasteiger partial charge >= 0.3 is 0 Å². The van der Waals surface area contributed by atoms with Crippen molar-refractivity contribution >= 4 is 17.5 Å². The average Bonchev–Trinajstić information content (AvgIpc) is 2.82. The smallest absolute Gasteiger partial charge is 0.264 e. The average molecular weight is 344 g/mol. The third kappa shape index (κ3) is 1.53. The van der Waals surface area contributed by atoms with E-state index in [1.165, 1.54) is 12.2 Å². The van der Waals surface area contributed by atoms with E-state index in [1.54, 1.807) is 11.9 Å². The SMILES string of the molecule is CON1C(=O)[C@@]2(C[C@H]3C4CO[C@@H]2C[C@@]4(O)C(=O)N3C)c2ccccc21. The lowest BCUT2D eigenvalue weighted by molar-refractivity contribution is -0.169. The summed E-state index contributed by atoms with van der Waals surface area (Å²) in [5.74, 6) is -0.746. The maximum absolute atomic E-state index is 13.4. The fraction of sp³-hybridized carbons (Fsp3) is 0.556. The van der Waals surface area contributed by atoms with Crippen LogP contribution in [0.4, 0.5) is 5.69 Å². The number of hydroxylamine groups is 1. The van der Waals surface area contributed by atoms with E-state index < -0.39 is 17.1 Å². The Balaban J connectivity index is 1.73. The van der Waals surface area contributed by atoms with Crippen LogP contribution in [0.15, 0.2) is 24.3 Å². The van der Waals surface area contributed by atoms with Crippen LogP contribution in [-0.4, -0.2) is 60.3 Å². The second-order valence-electron chi connectivity index (χ2n) is 7.51. The number of hydrogen-bond acceptors (Lipinski definition) is 5. The first-order chi connectivity index (χ1) is 11.9. The van der Waals surface area contributed by atoms with Crippen LogP contribution in [0.25, 0.3) is 0 Å². The molecule has 5 atom stereocenters. The van der Waals surface area contributed by atoms with Gasteiger partial charge in [0.05, 0.1) is 25.5 Å². The van der Waals surface area contributed by atoms with Gasteiger partial charge in [-0.1, -0.05) is 18.2 Å². The van der Waals surface area contributed by atoms with Gasteiger partial charge in [-0.05, 0) is 18.1 Å². The number of likely N-dealkylation sites (N-methyl/N-ethyl adjacent to an activating group) is 1. The lowest BCUT2D eigenvalue weighted by Gasteiger charge is -2.41. The molecule has 4 bridgehead atoms. The monoisotopic (exact) mass is 344 g/mol. The van der Waals surface area contributed by atoms with Crippen LogP contribution in [0.3, 0.4) is 0 Å². The molecule has 4 heterocycles. The standard InChI is InChI=1S/C18H20N2O5/c1-19-13-7-17(14-8-18(23,16(19)22)11(13)9-25-14)10-5-3-4-6-12(10)20(24-2)15(17)21/h3-6,11,13-14,23H,7-9H2,1-2H3/t11?,13-,14+,17-,18-/m0/s1. The molecule has 4 fully saturated rings. The molecule has 0 aromatic heterocycles. The Bertz CT molecular complexity index is 797. The zero-order chi connectivity index (χ0) is 17.6. The lowest BCUT2D eigenvalue weighted by atomic mass is 9.71. The molecule has 6 rings (SSSR count). The summed E-state index contributed by atoms with van der Waals surface area (Å²) < 4.78 is 6.06. The minimum Gasteiger partial charge on any atom is -0.379 e. The highest BCUT2D eigenvalue weighted by molar-refractivity contribution is 6.07. The number of rotatable bonds is 1. The first kappa shape index (κ1) is 15.3. The highest BCUT2D eigenvalue weighted by atomic mass is 16.7. The molecule has 4 aliphatic heterocycles. The Hall–Kier alpha value is -1.96. The number of hydrogen-bond donors (Lipinski definition) is 1. The summed E-state index contributed by atoms with van der Waals surface area (Å²) >= 11 is 0. The van der Waals surface area contributed by atoms with Gasteiger partial charge in [0.25, 0.3) is 11.8 Å². The zero-order valence-electron chi connectivity index (χ0n) is 14.1. The molecular weight excluding hydrogens is 324 g/mol. The normalized spacial score (nSPS) is 41.6. The van der Waals surface area contributed by atoms with Gasteiger partial charge in [-0.3, -0.25) is 14.4 Å². The molecule has 5 aliphatic rings. The van der Waals surface area contributed by atoms with Crippen molar-refractivity contribution in [2.24, 2.45) is 5.92 Å². The predicted molar refractivity (Wildman–Crippen MR) is 86.6 cm³/mol. The fourth-order valence-electron chi connectivity index (χ4n) is 5.43. The van der Waals surface area contributed by atoms with Crippen LogP contribution in [0.1, 0.15) is 18.4 Å². The molecule has 25 heavy (non-hydrogen) atoms. The minimum absolute atomic E-state index is 0.134. The first-order valence-electron chi connectivity index (χ1n) is 8.54. The zero-order valence-corrected chi connectivity index (χ0v) is 14.1. The van der Waals surface area contributed by atoms with E-state index in [4.69, 9.17) is 9.57 Å². The Kier molecular flexibility index (Phi) is 2.82. The number of carbonyl (C=O) groups excluding carboxylic acids is 2. The Morgan fingerprint density at radius 1 is 1.24 bits per heavy atom. The van der Waals surface area contributed by atoms with Crippen molar-refractivity contribution in [2.75, 3.05) is 25.8 Å². The highest BCUT2D eigenvalue weighted by Crippen LogP contribution is 2.58. The number of ether oxygens (including phenoxy) is 1. The van der Waals surface area contributed by atoms with Gasteiger partial charge in [-0.2, -0.15) is 5.06 Å². The molecule has 1 spiro atoms. The van der Waals surface area contributed by atoms with E-state index in [1.807, 2.05) is 24.3 Å². The third-order valence-electron chi connectivity index (χ3n) is 6.67. The Labute approximate surface area is 145 Å². The topological polar surface area (TPSA) is 79.3 Å². The Morgan fingerprint density at radius 3 is 2.76 bits per heavy atom. The van der Waals surface area contributed by atoms with E-state index in [0.29, 0.717) is 12.1 Å². The number of amides is 2. The summed E-state index contributed by atoms with van der Waals surface area (Å²) in [6, 6.07) is 7.30. The summed E-state index contributed by atoms with van der Waals surface area (Å²) in [5, 5.41) is 12.4. The molecule has 7 heteroatoms. The minimum atomic E-state index is -1.44. The largest absolute Gasteiger partial charge is 0.379 e. The molecule has 7 nitrogen and oxygen atoms in total. The van der Waals surface area contributed by atoms with Gasteiger partial charge in [0.15, 0.2) is 5.60 Å². The number of nitrogens with zero attached hydrogens (tertiary/aromatic N) is 2. The number of aliphatic hydroxyl groups is 1. The van der Waals surface area contributed by atoms with Crippen LogP contribution in [0, 0.1) is 5.92 Å². The van der Waals surface area contributed by atoms with Crippen LogP contribution in [0.2, 0.25) is 0 Å². The van der Waals surface area contributed by atoms with Gasteiger partial charge in [0, 0.05) is 25.4 Å². The number of para-hydroxylation sites is 1. The number of likely N-dealkylation sites (tertiary alicyclic amines) is 1. The van der Waals surface area contributed by atoms with E-state index in [-0.39, 0.29) is 36.8 Å². The van der Waals surface area contributed by atoms with E-state index in [9.17, 15) is 14.7 Å². The van der Waals surface area contributed by atoms with Crippen LogP contribution in [-0.2, 0) is 24.6 Å². The van der Waals surface area contributed by atoms with Gasteiger partial charge < -0.3 is 14.7 Å². The van der Waals surface area contributed by atoms with Gasteiger partial charge in [0.1, 0.15) is 5.41 Å². The summed E-state index contributed by atoms with van der Waals surface area (Å²) in [6.45, 7) is 0.284. The van der Waals surface area contributed by atoms with Crippen LogP contribution in [0.5, 0.6) is 0 Å². The van der Waals surface area contributed by atoms with Gasteiger partial charge in [0.2, 0.25) is 0 Å². The molecule has 3 saturated heterocycles. The first-order valence-corrected chi connectivity index (χ1v) is 8.54. The number of benzene rings is 1. The lowest BCUT2D eigenvalue weighted by Crippen LogP contribution is -2.57. The second-order valence-corrected chi connectivity index (χ2v) is 7.51. The third-order valence-corrected chi connectivity index (χ3v) is 6.67. The summed E-state index contributed by atoms with van der Waals surface area (Å²) in [7, 11) is 3.18. The fourth-order valence-corrected chi connectivity index (χ4v) is 5.43. The van der Waals surface area contributed by atoms with Gasteiger partial charge in [-0.25, -0.2) is 0 Å². The van der Waals surface area contributed by atoms with Crippen molar-refractivity contribution in [3.8, 4) is 0 Å². The molecule has 1 aromatic carbocycles. The maximum atomic E-state index is 13.4. The van der Waals surface area contributed by atoms with E-state index >= 15 is 0 Å². The van der Waals surface area contributed by atoms with Crippen molar-refractivity contribution in [1.82, 2.24) is 4.90 Å². The van der Waals surface area contributed by atoms with Crippen LogP contribution >= 0.6 is 0 Å². The molecule has 1 aromatic rings. The van der Waals surface area contributed by atoms with Crippen LogP contribution < -0.4 is 5.06 Å². The van der Waals surface area contributed by atoms with E-state index in [2.05, 4.69) is 0 Å². The summed E-state index contributed by atoms with van der Waals surface area (Å²) in [6.07, 6.45) is 0.0163. The Morgan fingerprint density at radius 2 is 2.00 bits per heavy atom. The summed E-state index contributed by atoms with van der Waals surface area (Å²) in [5.41, 5.74) is -0.821. The predicted octanol–water partition coefficient (Wildman–Crippen LogP) is 0.213. The maximum Gasteiger partial charge on any atom is 0.264 e. The molecule has 2 amide bonds. The molecule has 1 saturated carbocycles. The quantitative estimate of drug-likeness (QED) is 0.788. The van der Waals surface area contributed by atoms with Crippen molar-refractivity contribution in [2.45, 2.75) is 36.0 Å². The number of fused-ring (bicyclic) bond motifs is 2. The van der Waals surface area contributed by atoms with E-state index in [0.717, 1.165) is 5.56 Å². The number of carbonyl (C=O) groups is 2. The molecule has 0 radical (unpaired) electrons. The molecule has 132 valence electrons. The second kappa shape index (κ2) is 4.60. The van der Waals surface area contributed by atoms with Gasteiger partial charge in [-0.15, -0.1) is 0 Å². The van der Waals surface area contributed by atoms with Crippen molar-refractivity contribution in [3.05, 3.63) is 29.8 Å². The molecule has 1 aliphatic carbocycles. The highest BCUT2D eigenvalue weighted by Gasteiger charge is 2.71. The molecule has 1 unspecified atom stereocenters. The molecule has 1 N–H and O–H groups in total. The van der Waals surface area contributed by atoms with Crippen molar-refractivity contribution < 1.29 is 24.3 Å². The van der Waals surface area contributed by atoms with Crippen molar-refractivity contribution in [1.29, 1.82) is 0 Å². The summed E-state index contributed by atoms with van der Waals surface area (Å²) in [4.78, 5) is 33.0. The van der Waals surface area contributed by atoms with Crippen molar-refractivity contribution in [3.63, 3.8) is 0 Å². The molecular formula is C18H20N2O5. The number of anilines is 1.